The van der Waals surface area contributed by atoms with Crippen molar-refractivity contribution in [2.24, 2.45) is 0 Å². The zero-order chi connectivity index (χ0) is 16.4. The van der Waals surface area contributed by atoms with Crippen LogP contribution in [0.25, 0.3) is 0 Å². The first-order valence-electron chi connectivity index (χ1n) is 7.14. The molecule has 1 aliphatic rings. The van der Waals surface area contributed by atoms with Gasteiger partial charge in [-0.1, -0.05) is 30.3 Å². The van der Waals surface area contributed by atoms with Crippen molar-refractivity contribution in [1.82, 2.24) is 4.90 Å². The van der Waals surface area contributed by atoms with Crippen molar-refractivity contribution in [3.05, 3.63) is 65.2 Å². The van der Waals surface area contributed by atoms with Gasteiger partial charge in [0.05, 0.1) is 0 Å². The van der Waals surface area contributed by atoms with E-state index in [0.717, 1.165) is 12.0 Å². The fourth-order valence-electron chi connectivity index (χ4n) is 2.69. The lowest BCUT2D eigenvalue weighted by Gasteiger charge is -2.28. The number of fused-ring (bicyclic) bond motifs is 1. The summed E-state index contributed by atoms with van der Waals surface area (Å²) < 4.78 is 40.7. The molecule has 0 atom stereocenters. The molecule has 0 aromatic heterocycles. The van der Waals surface area contributed by atoms with Gasteiger partial charge in [-0.15, -0.1) is 13.2 Å². The Hall–Kier alpha value is -2.50. The van der Waals surface area contributed by atoms with E-state index in [0.29, 0.717) is 17.7 Å². The molecule has 0 radical (unpaired) electrons. The second-order valence-electron chi connectivity index (χ2n) is 5.33. The molecule has 1 amide bonds. The van der Waals surface area contributed by atoms with Gasteiger partial charge in [0, 0.05) is 18.7 Å². The summed E-state index contributed by atoms with van der Waals surface area (Å²) in [6, 6.07) is 13.1. The molecule has 0 unspecified atom stereocenters. The fraction of sp³-hybridized carbons (Fsp3) is 0.235. The number of alkyl halides is 3. The lowest BCUT2D eigenvalue weighted by Crippen LogP contribution is -2.36. The number of hydrogen-bond donors (Lipinski definition) is 0. The number of carbonyl (C=O) groups is 1. The van der Waals surface area contributed by atoms with Gasteiger partial charge in [-0.2, -0.15) is 0 Å². The molecule has 0 saturated carbocycles. The number of amides is 1. The maximum atomic E-state index is 12.4. The van der Waals surface area contributed by atoms with Gasteiger partial charge in [0.1, 0.15) is 5.75 Å². The van der Waals surface area contributed by atoms with Crippen molar-refractivity contribution in [2.45, 2.75) is 19.3 Å². The van der Waals surface area contributed by atoms with Crippen LogP contribution in [0.1, 0.15) is 21.5 Å². The van der Waals surface area contributed by atoms with Gasteiger partial charge in [0.25, 0.3) is 5.91 Å². The quantitative estimate of drug-likeness (QED) is 0.861. The van der Waals surface area contributed by atoms with Crippen LogP contribution in [0.2, 0.25) is 0 Å². The minimum absolute atomic E-state index is 0.103. The van der Waals surface area contributed by atoms with E-state index >= 15 is 0 Å². The molecule has 1 aliphatic heterocycles. The molecule has 0 spiro atoms. The van der Waals surface area contributed by atoms with Gasteiger partial charge in [-0.3, -0.25) is 4.79 Å². The number of carbonyl (C=O) groups excluding carboxylic acids is 1. The van der Waals surface area contributed by atoms with Gasteiger partial charge in [-0.05, 0) is 35.7 Å². The number of rotatable bonds is 3. The smallest absolute Gasteiger partial charge is 0.406 e. The van der Waals surface area contributed by atoms with Crippen molar-refractivity contribution in [3.8, 4) is 5.75 Å². The van der Waals surface area contributed by atoms with Crippen molar-refractivity contribution in [3.63, 3.8) is 0 Å². The predicted molar refractivity (Wildman–Crippen MR) is 78.0 cm³/mol. The fourth-order valence-corrected chi connectivity index (χ4v) is 2.69. The first-order valence-corrected chi connectivity index (χ1v) is 7.14. The Bertz CT molecular complexity index is 728. The molecular formula is C17H14F3NO2. The largest absolute Gasteiger partial charge is 0.573 e. The lowest BCUT2D eigenvalue weighted by molar-refractivity contribution is -0.274. The molecule has 3 rings (SSSR count). The highest BCUT2D eigenvalue weighted by Crippen LogP contribution is 2.25. The maximum Gasteiger partial charge on any atom is 0.573 e. The Labute approximate surface area is 131 Å². The molecule has 2 aromatic rings. The van der Waals surface area contributed by atoms with Crippen LogP contribution in [-0.4, -0.2) is 23.7 Å². The van der Waals surface area contributed by atoms with Gasteiger partial charge in [0.15, 0.2) is 0 Å². The first-order chi connectivity index (χ1) is 10.9. The highest BCUT2D eigenvalue weighted by molar-refractivity contribution is 5.96. The van der Waals surface area contributed by atoms with Crippen LogP contribution in [0.15, 0.2) is 48.5 Å². The molecule has 3 nitrogen and oxygen atoms in total. The molecule has 0 fully saturated rings. The van der Waals surface area contributed by atoms with E-state index in [4.69, 9.17) is 0 Å². The third-order valence-corrected chi connectivity index (χ3v) is 3.69. The number of nitrogens with zero attached hydrogens (tertiary/aromatic N) is 1. The summed E-state index contributed by atoms with van der Waals surface area (Å²) in [5.74, 6) is -0.381. The molecule has 2 aromatic carbocycles. The number of hydrogen-bond acceptors (Lipinski definition) is 2. The second-order valence-corrected chi connectivity index (χ2v) is 5.33. The zero-order valence-electron chi connectivity index (χ0n) is 12.1. The Balaban J connectivity index is 1.76. The molecule has 1 heterocycles. The summed E-state index contributed by atoms with van der Waals surface area (Å²) in [5, 5.41) is 0. The maximum absolute atomic E-state index is 12.4. The SMILES string of the molecule is O=C1c2ccccc2CCN1Cc1cccc(OC(F)(F)F)c1. The van der Waals surface area contributed by atoms with Crippen molar-refractivity contribution in [2.75, 3.05) is 6.54 Å². The van der Waals surface area contributed by atoms with Crippen LogP contribution in [0.5, 0.6) is 5.75 Å². The van der Waals surface area contributed by atoms with Crippen LogP contribution in [0, 0.1) is 0 Å². The predicted octanol–water partition coefficient (Wildman–Crippen LogP) is 3.78. The van der Waals surface area contributed by atoms with Crippen LogP contribution in [0.3, 0.4) is 0 Å². The highest BCUT2D eigenvalue weighted by atomic mass is 19.4. The Morgan fingerprint density at radius 3 is 2.65 bits per heavy atom. The summed E-state index contributed by atoms with van der Waals surface area (Å²) in [5.41, 5.74) is 2.25. The Morgan fingerprint density at radius 1 is 1.09 bits per heavy atom. The molecule has 120 valence electrons. The van der Waals surface area contributed by atoms with Gasteiger partial charge in [-0.25, -0.2) is 0 Å². The summed E-state index contributed by atoms with van der Waals surface area (Å²) in [7, 11) is 0. The monoisotopic (exact) mass is 321 g/mol. The molecule has 0 bridgehead atoms. The third-order valence-electron chi connectivity index (χ3n) is 3.69. The van der Waals surface area contributed by atoms with Gasteiger partial charge < -0.3 is 9.64 Å². The van der Waals surface area contributed by atoms with Crippen molar-refractivity contribution in [1.29, 1.82) is 0 Å². The molecular weight excluding hydrogens is 307 g/mol. The average molecular weight is 321 g/mol. The Morgan fingerprint density at radius 2 is 1.87 bits per heavy atom. The molecule has 0 N–H and O–H groups in total. The molecule has 0 aliphatic carbocycles. The summed E-state index contributed by atoms with van der Waals surface area (Å²) in [4.78, 5) is 14.1. The van der Waals surface area contributed by atoms with E-state index in [1.165, 1.54) is 18.2 Å². The van der Waals surface area contributed by atoms with E-state index in [1.54, 1.807) is 23.1 Å². The average Bonchev–Trinajstić information content (AvgIpc) is 2.49. The number of halogens is 3. The summed E-state index contributed by atoms with van der Waals surface area (Å²) in [6.07, 6.45) is -3.99. The molecule has 23 heavy (non-hydrogen) atoms. The topological polar surface area (TPSA) is 29.5 Å². The van der Waals surface area contributed by atoms with E-state index in [2.05, 4.69) is 4.74 Å². The van der Waals surface area contributed by atoms with Crippen LogP contribution >= 0.6 is 0 Å². The first kappa shape index (κ1) is 15.4. The van der Waals surface area contributed by atoms with Crippen LogP contribution in [0.4, 0.5) is 13.2 Å². The summed E-state index contributed by atoms with van der Waals surface area (Å²) in [6.45, 7) is 0.794. The van der Waals surface area contributed by atoms with Gasteiger partial charge in [0.2, 0.25) is 0 Å². The molecule has 0 saturated heterocycles. The second kappa shape index (κ2) is 5.95. The third kappa shape index (κ3) is 3.64. The molecule has 6 heteroatoms. The van der Waals surface area contributed by atoms with Gasteiger partial charge >= 0.3 is 6.36 Å². The zero-order valence-corrected chi connectivity index (χ0v) is 12.1. The standard InChI is InChI=1S/C17H14F3NO2/c18-17(19,20)23-14-6-3-4-12(10-14)11-21-9-8-13-5-1-2-7-15(13)16(21)22/h1-7,10H,8-9,11H2. The number of benzene rings is 2. The summed E-state index contributed by atoms with van der Waals surface area (Å²) >= 11 is 0. The van der Waals surface area contributed by atoms with E-state index in [1.807, 2.05) is 12.1 Å². The van der Waals surface area contributed by atoms with Crippen LogP contribution in [-0.2, 0) is 13.0 Å². The highest BCUT2D eigenvalue weighted by Gasteiger charge is 2.31. The van der Waals surface area contributed by atoms with E-state index in [9.17, 15) is 18.0 Å². The van der Waals surface area contributed by atoms with Crippen molar-refractivity contribution >= 4 is 5.91 Å². The lowest BCUT2D eigenvalue weighted by atomic mass is 9.99. The van der Waals surface area contributed by atoms with Crippen molar-refractivity contribution < 1.29 is 22.7 Å². The van der Waals surface area contributed by atoms with E-state index < -0.39 is 6.36 Å². The minimum atomic E-state index is -4.72. The van der Waals surface area contributed by atoms with E-state index in [-0.39, 0.29) is 18.2 Å². The Kier molecular flexibility index (Phi) is 3.98. The normalized spacial score (nSPS) is 14.6. The van der Waals surface area contributed by atoms with Crippen LogP contribution < -0.4 is 4.74 Å². The minimum Gasteiger partial charge on any atom is -0.406 e. The number of ether oxygens (including phenoxy) is 1.